The largest absolute Gasteiger partial charge is 0.497 e. The molecule has 5 aromatic carbocycles. The van der Waals surface area contributed by atoms with Crippen molar-refractivity contribution in [1.29, 1.82) is 0 Å². The van der Waals surface area contributed by atoms with Crippen LogP contribution in [0.2, 0.25) is 0 Å². The fourth-order valence-electron chi connectivity index (χ4n) is 5.26. The average Bonchev–Trinajstić information content (AvgIpc) is 3.58. The van der Waals surface area contributed by atoms with Gasteiger partial charge in [0, 0.05) is 21.7 Å². The molecule has 1 aromatic heterocycles. The Kier molecular flexibility index (Phi) is 11.5. The van der Waals surface area contributed by atoms with E-state index in [1.807, 2.05) is 54.6 Å². The van der Waals surface area contributed by atoms with Crippen molar-refractivity contribution < 1.29 is 28.6 Å². The Morgan fingerprint density at radius 3 is 2.25 bits per heavy atom. The van der Waals surface area contributed by atoms with E-state index in [1.165, 1.54) is 43.4 Å². The molecule has 1 atom stereocenters. The zero-order valence-electron chi connectivity index (χ0n) is 28.4. The van der Waals surface area contributed by atoms with Crippen molar-refractivity contribution in [2.45, 2.75) is 10.1 Å². The van der Waals surface area contributed by atoms with Crippen molar-refractivity contribution >= 4 is 67.9 Å². The molecule has 0 aliphatic heterocycles. The number of nitrogens with zero attached hydrogens (tertiary/aromatic N) is 1. The first-order valence-electron chi connectivity index (χ1n) is 16.0. The number of hydrogen-bond donors (Lipinski definition) is 3. The lowest BCUT2D eigenvalue weighted by Gasteiger charge is -2.17. The number of anilines is 2. The maximum absolute atomic E-state index is 13.9. The molecule has 1 unspecified atom stereocenters. The number of carbonyl (C=O) groups excluding carboxylic acids is 3. The van der Waals surface area contributed by atoms with Crippen LogP contribution in [-0.4, -0.2) is 44.0 Å². The van der Waals surface area contributed by atoms with Crippen LogP contribution in [0.5, 0.6) is 17.2 Å². The van der Waals surface area contributed by atoms with Gasteiger partial charge in [-0.2, -0.15) is 0 Å². The molecule has 0 aliphatic carbocycles. The van der Waals surface area contributed by atoms with Crippen molar-refractivity contribution in [3.8, 4) is 17.2 Å². The monoisotopic (exact) mass is 730 g/mol. The van der Waals surface area contributed by atoms with Crippen molar-refractivity contribution in [3.05, 3.63) is 144 Å². The SMILES string of the molecule is COc1ccc2nc(NC(=O)C(Sc3cccc(NC(=O)/C(=C\c4cccc(OC)c4OC)NC(=O)c4ccccc4)c3)c3ccccc3)sc2c1. The molecule has 3 amide bonds. The number of benzene rings is 5. The number of carbonyl (C=O) groups is 3. The predicted molar refractivity (Wildman–Crippen MR) is 206 cm³/mol. The quantitative estimate of drug-likeness (QED) is 0.0802. The first-order chi connectivity index (χ1) is 25.3. The van der Waals surface area contributed by atoms with Gasteiger partial charge in [0.2, 0.25) is 5.91 Å². The number of nitrogens with one attached hydrogen (secondary N) is 3. The van der Waals surface area contributed by atoms with Crippen LogP contribution in [0, 0.1) is 0 Å². The van der Waals surface area contributed by atoms with E-state index in [9.17, 15) is 14.4 Å². The highest BCUT2D eigenvalue weighted by Crippen LogP contribution is 2.38. The molecule has 6 rings (SSSR count). The van der Waals surface area contributed by atoms with Gasteiger partial charge >= 0.3 is 0 Å². The molecular weight excluding hydrogens is 697 g/mol. The normalized spacial score (nSPS) is 11.7. The molecule has 0 aliphatic rings. The lowest BCUT2D eigenvalue weighted by Crippen LogP contribution is -2.30. The zero-order chi connectivity index (χ0) is 36.5. The summed E-state index contributed by atoms with van der Waals surface area (Å²) in [6, 6.07) is 36.0. The summed E-state index contributed by atoms with van der Waals surface area (Å²) in [5.74, 6) is 0.296. The Bertz CT molecular complexity index is 2240. The summed E-state index contributed by atoms with van der Waals surface area (Å²) in [6.45, 7) is 0. The molecule has 0 saturated heterocycles. The van der Waals surface area contributed by atoms with E-state index in [-0.39, 0.29) is 11.6 Å². The van der Waals surface area contributed by atoms with Gasteiger partial charge < -0.3 is 30.2 Å². The van der Waals surface area contributed by atoms with E-state index in [0.29, 0.717) is 39.2 Å². The van der Waals surface area contributed by atoms with Gasteiger partial charge in [-0.3, -0.25) is 14.4 Å². The molecule has 0 radical (unpaired) electrons. The molecule has 1 heterocycles. The van der Waals surface area contributed by atoms with Crippen molar-refractivity contribution in [2.75, 3.05) is 32.0 Å². The summed E-state index contributed by atoms with van der Waals surface area (Å²) in [7, 11) is 4.62. The molecule has 0 saturated carbocycles. The second kappa shape index (κ2) is 16.7. The number of amides is 3. The Balaban J connectivity index is 1.25. The molecule has 3 N–H and O–H groups in total. The standard InChI is InChI=1S/C40H34N4O6S2/c1-48-29-20-21-31-34(24-29)52-40(43-31)44-39(47)36(25-12-6-4-7-13-25)51-30-18-11-17-28(23-30)41-38(46)32(42-37(45)26-14-8-5-9-15-26)22-27-16-10-19-33(49-2)35(27)50-3/h4-24,36H,1-3H3,(H,41,46)(H,42,45)(H,43,44,47)/b32-22+. The van der Waals surface area contributed by atoms with Crippen LogP contribution in [0.1, 0.15) is 26.7 Å². The summed E-state index contributed by atoms with van der Waals surface area (Å²) < 4.78 is 17.2. The molecule has 6 aromatic rings. The third kappa shape index (κ3) is 8.60. The van der Waals surface area contributed by atoms with E-state index < -0.39 is 17.1 Å². The van der Waals surface area contributed by atoms with Crippen LogP contribution in [-0.2, 0) is 9.59 Å². The summed E-state index contributed by atoms with van der Waals surface area (Å²) in [5.41, 5.74) is 2.89. The summed E-state index contributed by atoms with van der Waals surface area (Å²) in [6.07, 6.45) is 1.53. The van der Waals surface area contributed by atoms with Crippen LogP contribution in [0.15, 0.2) is 132 Å². The number of para-hydroxylation sites is 1. The van der Waals surface area contributed by atoms with Gasteiger partial charge in [0.25, 0.3) is 11.8 Å². The Morgan fingerprint density at radius 2 is 1.52 bits per heavy atom. The number of thiazole rings is 1. The van der Waals surface area contributed by atoms with Crippen LogP contribution < -0.4 is 30.2 Å². The van der Waals surface area contributed by atoms with Crippen molar-refractivity contribution in [1.82, 2.24) is 10.3 Å². The number of fused-ring (bicyclic) bond motifs is 1. The van der Waals surface area contributed by atoms with Crippen molar-refractivity contribution in [2.24, 2.45) is 0 Å². The number of hydrogen-bond acceptors (Lipinski definition) is 9. The van der Waals surface area contributed by atoms with E-state index >= 15 is 0 Å². The first kappa shape index (κ1) is 35.7. The molecule has 0 fully saturated rings. The lowest BCUT2D eigenvalue weighted by atomic mass is 10.1. The van der Waals surface area contributed by atoms with Gasteiger partial charge in [0.15, 0.2) is 16.6 Å². The van der Waals surface area contributed by atoms with Gasteiger partial charge in [-0.1, -0.05) is 78.1 Å². The maximum Gasteiger partial charge on any atom is 0.272 e. The van der Waals surface area contributed by atoms with Gasteiger partial charge in [0.05, 0.1) is 31.5 Å². The van der Waals surface area contributed by atoms with Crippen LogP contribution in [0.4, 0.5) is 10.8 Å². The van der Waals surface area contributed by atoms with Crippen molar-refractivity contribution in [3.63, 3.8) is 0 Å². The molecule has 52 heavy (non-hydrogen) atoms. The lowest BCUT2D eigenvalue weighted by molar-refractivity contribution is -0.116. The summed E-state index contributed by atoms with van der Waals surface area (Å²) >= 11 is 2.69. The van der Waals surface area contributed by atoms with Gasteiger partial charge in [0.1, 0.15) is 16.7 Å². The van der Waals surface area contributed by atoms with Crippen LogP contribution >= 0.6 is 23.1 Å². The Hall–Kier alpha value is -6.11. The Labute approximate surface area is 308 Å². The molecular formula is C40H34N4O6S2. The molecule has 0 spiro atoms. The third-order valence-corrected chi connectivity index (χ3v) is 9.96. The number of ether oxygens (including phenoxy) is 3. The van der Waals surface area contributed by atoms with E-state index in [4.69, 9.17) is 14.2 Å². The van der Waals surface area contributed by atoms with E-state index in [0.717, 1.165) is 20.7 Å². The minimum Gasteiger partial charge on any atom is -0.497 e. The summed E-state index contributed by atoms with van der Waals surface area (Å²) in [5, 5.41) is 8.48. The van der Waals surface area contributed by atoms with Crippen LogP contribution in [0.3, 0.4) is 0 Å². The maximum atomic E-state index is 13.9. The number of methoxy groups -OCH3 is 3. The van der Waals surface area contributed by atoms with E-state index in [1.54, 1.807) is 73.8 Å². The molecule has 12 heteroatoms. The van der Waals surface area contributed by atoms with Gasteiger partial charge in [-0.05, 0) is 66.2 Å². The number of thioether (sulfide) groups is 1. The third-order valence-electron chi connectivity index (χ3n) is 7.77. The number of rotatable bonds is 13. The smallest absolute Gasteiger partial charge is 0.272 e. The van der Waals surface area contributed by atoms with Gasteiger partial charge in [-0.15, -0.1) is 11.8 Å². The fraction of sp³-hybridized carbons (Fsp3) is 0.100. The minimum atomic E-state index is -0.644. The second-order valence-corrected chi connectivity index (χ2v) is 13.4. The fourth-order valence-corrected chi connectivity index (χ4v) is 7.24. The van der Waals surface area contributed by atoms with E-state index in [2.05, 4.69) is 20.9 Å². The topological polar surface area (TPSA) is 128 Å². The second-order valence-electron chi connectivity index (χ2n) is 11.2. The highest BCUT2D eigenvalue weighted by Gasteiger charge is 2.24. The molecule has 262 valence electrons. The minimum absolute atomic E-state index is 0.0199. The average molecular weight is 731 g/mol. The first-order valence-corrected chi connectivity index (χ1v) is 17.7. The number of aromatic nitrogens is 1. The highest BCUT2D eigenvalue weighted by atomic mass is 32.2. The molecule has 0 bridgehead atoms. The van der Waals surface area contributed by atoms with Gasteiger partial charge in [-0.25, -0.2) is 4.98 Å². The summed E-state index contributed by atoms with van der Waals surface area (Å²) in [4.78, 5) is 46.2. The Morgan fingerprint density at radius 1 is 0.769 bits per heavy atom. The van der Waals surface area contributed by atoms with Crippen LogP contribution in [0.25, 0.3) is 16.3 Å². The highest BCUT2D eigenvalue weighted by molar-refractivity contribution is 8.00. The predicted octanol–water partition coefficient (Wildman–Crippen LogP) is 8.20. The molecule has 10 nitrogen and oxygen atoms in total. The zero-order valence-corrected chi connectivity index (χ0v) is 30.0.